The van der Waals surface area contributed by atoms with E-state index in [0.717, 1.165) is 10.0 Å². The molecule has 140 valence electrons. The summed E-state index contributed by atoms with van der Waals surface area (Å²) in [6.07, 6.45) is -0.442. The molecule has 2 rings (SSSR count). The second kappa shape index (κ2) is 8.68. The molecule has 0 saturated carbocycles. The summed E-state index contributed by atoms with van der Waals surface area (Å²) in [5.74, 6) is -0.194. The fourth-order valence-corrected chi connectivity index (χ4v) is 3.94. The van der Waals surface area contributed by atoms with Crippen molar-refractivity contribution >= 4 is 39.3 Å². The molecule has 0 saturated heterocycles. The van der Waals surface area contributed by atoms with Crippen LogP contribution in [0.25, 0.3) is 0 Å². The van der Waals surface area contributed by atoms with Gasteiger partial charge in [0.25, 0.3) is 5.91 Å². The van der Waals surface area contributed by atoms with Gasteiger partial charge in [0, 0.05) is 21.9 Å². The average molecular weight is 439 g/mol. The number of carbonyl (C=O) groups is 2. The van der Waals surface area contributed by atoms with Crippen LogP contribution in [0.4, 0.5) is 4.79 Å². The number of nitrogens with zero attached hydrogens (tertiary/aromatic N) is 1. The van der Waals surface area contributed by atoms with Crippen LogP contribution in [-0.2, 0) is 6.42 Å². The van der Waals surface area contributed by atoms with Crippen molar-refractivity contribution in [3.05, 3.63) is 56.7 Å². The van der Waals surface area contributed by atoms with Crippen molar-refractivity contribution in [2.45, 2.75) is 38.8 Å². The number of hydrogen-bond donors (Lipinski definition) is 2. The molecule has 5 nitrogen and oxygen atoms in total. The molecule has 0 aliphatic rings. The number of halogens is 1. The number of hydrogen-bond acceptors (Lipinski definition) is 3. The van der Waals surface area contributed by atoms with Gasteiger partial charge in [-0.2, -0.15) is 0 Å². The van der Waals surface area contributed by atoms with Crippen molar-refractivity contribution in [2.24, 2.45) is 0 Å². The average Bonchev–Trinajstić information content (AvgIpc) is 2.98. The quantitative estimate of drug-likeness (QED) is 0.690. The van der Waals surface area contributed by atoms with E-state index in [2.05, 4.69) is 21.2 Å². The van der Waals surface area contributed by atoms with E-state index in [0.29, 0.717) is 11.3 Å². The van der Waals surface area contributed by atoms with Crippen LogP contribution >= 0.6 is 27.3 Å². The summed E-state index contributed by atoms with van der Waals surface area (Å²) in [6.45, 7) is 5.75. The number of carboxylic acid groups (broad SMARTS) is 1. The molecule has 26 heavy (non-hydrogen) atoms. The van der Waals surface area contributed by atoms with E-state index >= 15 is 0 Å². The maximum absolute atomic E-state index is 12.6. The molecule has 0 fully saturated rings. The Morgan fingerprint density at radius 3 is 2.42 bits per heavy atom. The summed E-state index contributed by atoms with van der Waals surface area (Å²) >= 11 is 4.70. The first kappa shape index (κ1) is 20.5. The zero-order chi connectivity index (χ0) is 19.3. The Kier molecular flexibility index (Phi) is 6.83. The largest absolute Gasteiger partial charge is 0.465 e. The van der Waals surface area contributed by atoms with Gasteiger partial charge < -0.3 is 15.3 Å². The molecule has 0 aliphatic heterocycles. The zero-order valence-corrected chi connectivity index (χ0v) is 17.4. The first-order chi connectivity index (χ1) is 12.2. The zero-order valence-electron chi connectivity index (χ0n) is 15.0. The molecule has 1 aromatic carbocycles. The van der Waals surface area contributed by atoms with Crippen LogP contribution < -0.4 is 5.32 Å². The third-order valence-corrected chi connectivity index (χ3v) is 5.58. The maximum atomic E-state index is 12.6. The smallest absolute Gasteiger partial charge is 0.407 e. The highest BCUT2D eigenvalue weighted by atomic mass is 79.9. The summed E-state index contributed by atoms with van der Waals surface area (Å²) in [5, 5.41) is 14.4. The molecule has 2 amide bonds. The van der Waals surface area contributed by atoms with E-state index in [-0.39, 0.29) is 18.5 Å². The minimum atomic E-state index is -0.997. The molecule has 7 heteroatoms. The molecule has 1 heterocycles. The van der Waals surface area contributed by atoms with Crippen LogP contribution in [0.15, 0.2) is 46.3 Å². The standard InChI is InChI=1S/C19H23BrN2O3S/c1-19(2,3)22(18(24)25)11-15(9-13-7-5-4-6-8-13)21-17(23)16-10-14(20)12-26-16/h4-8,10,12,15H,9,11H2,1-3H3,(H,21,23)(H,24,25)/t15-/m0/s1. The Balaban J connectivity index is 2.20. The van der Waals surface area contributed by atoms with Crippen LogP contribution in [0.1, 0.15) is 36.0 Å². The number of benzene rings is 1. The van der Waals surface area contributed by atoms with Crippen molar-refractivity contribution in [1.29, 1.82) is 0 Å². The third kappa shape index (κ3) is 5.85. The molecule has 0 radical (unpaired) electrons. The van der Waals surface area contributed by atoms with Gasteiger partial charge in [0.2, 0.25) is 0 Å². The number of amides is 2. The van der Waals surface area contributed by atoms with Gasteiger partial charge in [-0.3, -0.25) is 4.79 Å². The predicted molar refractivity (Wildman–Crippen MR) is 108 cm³/mol. The lowest BCUT2D eigenvalue weighted by atomic mass is 10.0. The van der Waals surface area contributed by atoms with Gasteiger partial charge >= 0.3 is 6.09 Å². The van der Waals surface area contributed by atoms with Crippen LogP contribution in [0.5, 0.6) is 0 Å². The summed E-state index contributed by atoms with van der Waals surface area (Å²) in [5.41, 5.74) is 0.488. The second-order valence-electron chi connectivity index (χ2n) is 7.05. The molecule has 0 aliphatic carbocycles. The molecular weight excluding hydrogens is 416 g/mol. The van der Waals surface area contributed by atoms with E-state index < -0.39 is 11.6 Å². The van der Waals surface area contributed by atoms with Crippen molar-refractivity contribution < 1.29 is 14.7 Å². The lowest BCUT2D eigenvalue weighted by Crippen LogP contribution is -2.53. The number of nitrogens with one attached hydrogen (secondary N) is 1. The summed E-state index contributed by atoms with van der Waals surface area (Å²) in [4.78, 5) is 26.2. The van der Waals surface area contributed by atoms with Crippen molar-refractivity contribution in [1.82, 2.24) is 10.2 Å². The Morgan fingerprint density at radius 1 is 1.27 bits per heavy atom. The van der Waals surface area contributed by atoms with Gasteiger partial charge in [0.15, 0.2) is 0 Å². The fourth-order valence-electron chi connectivity index (χ4n) is 2.61. The Labute approximate surface area is 166 Å². The molecular formula is C19H23BrN2O3S. The van der Waals surface area contributed by atoms with Gasteiger partial charge in [-0.05, 0) is 54.8 Å². The summed E-state index contributed by atoms with van der Waals surface area (Å²) < 4.78 is 0.856. The molecule has 0 unspecified atom stereocenters. The number of rotatable bonds is 6. The lowest BCUT2D eigenvalue weighted by Gasteiger charge is -2.36. The fraction of sp³-hybridized carbons (Fsp3) is 0.368. The van der Waals surface area contributed by atoms with Crippen molar-refractivity contribution in [2.75, 3.05) is 6.54 Å². The lowest BCUT2D eigenvalue weighted by molar-refractivity contribution is 0.0824. The van der Waals surface area contributed by atoms with E-state index in [4.69, 9.17) is 0 Å². The monoisotopic (exact) mass is 438 g/mol. The van der Waals surface area contributed by atoms with Crippen LogP contribution in [0.3, 0.4) is 0 Å². The molecule has 2 aromatic rings. The first-order valence-corrected chi connectivity index (χ1v) is 9.93. The minimum absolute atomic E-state index is 0.194. The van der Waals surface area contributed by atoms with E-state index in [1.54, 1.807) is 6.07 Å². The Morgan fingerprint density at radius 2 is 1.92 bits per heavy atom. The van der Waals surface area contributed by atoms with Gasteiger partial charge in [-0.15, -0.1) is 11.3 Å². The third-order valence-electron chi connectivity index (χ3n) is 3.90. The molecule has 0 spiro atoms. The normalized spacial score (nSPS) is 12.5. The van der Waals surface area contributed by atoms with Crippen LogP contribution in [0, 0.1) is 0 Å². The van der Waals surface area contributed by atoms with E-state index in [9.17, 15) is 14.7 Å². The van der Waals surface area contributed by atoms with Gasteiger partial charge in [0.05, 0.1) is 10.9 Å². The Bertz CT molecular complexity index is 756. The van der Waals surface area contributed by atoms with E-state index in [1.807, 2.05) is 56.5 Å². The Hall–Kier alpha value is -1.86. The predicted octanol–water partition coefficient (Wildman–Crippen LogP) is 4.63. The first-order valence-electron chi connectivity index (χ1n) is 8.26. The molecule has 0 bridgehead atoms. The SMILES string of the molecule is CC(C)(C)N(C[C@H](Cc1ccccc1)NC(=O)c1cc(Br)cs1)C(=O)O. The highest BCUT2D eigenvalue weighted by Crippen LogP contribution is 2.20. The van der Waals surface area contributed by atoms with E-state index in [1.165, 1.54) is 16.2 Å². The highest BCUT2D eigenvalue weighted by Gasteiger charge is 2.29. The maximum Gasteiger partial charge on any atom is 0.407 e. The number of thiophene rings is 1. The topological polar surface area (TPSA) is 69.6 Å². The van der Waals surface area contributed by atoms with Crippen molar-refractivity contribution in [3.63, 3.8) is 0 Å². The summed E-state index contributed by atoms with van der Waals surface area (Å²) in [6, 6.07) is 11.2. The van der Waals surface area contributed by atoms with Gasteiger partial charge in [-0.25, -0.2) is 4.79 Å². The van der Waals surface area contributed by atoms with Gasteiger partial charge in [-0.1, -0.05) is 30.3 Å². The summed E-state index contributed by atoms with van der Waals surface area (Å²) in [7, 11) is 0. The van der Waals surface area contributed by atoms with Gasteiger partial charge in [0.1, 0.15) is 0 Å². The highest BCUT2D eigenvalue weighted by molar-refractivity contribution is 9.10. The second-order valence-corrected chi connectivity index (χ2v) is 8.88. The minimum Gasteiger partial charge on any atom is -0.465 e. The van der Waals surface area contributed by atoms with Crippen LogP contribution in [-0.4, -0.2) is 40.1 Å². The van der Waals surface area contributed by atoms with Crippen LogP contribution in [0.2, 0.25) is 0 Å². The number of carbonyl (C=O) groups excluding carboxylic acids is 1. The molecule has 1 aromatic heterocycles. The van der Waals surface area contributed by atoms with Crippen molar-refractivity contribution in [3.8, 4) is 0 Å². The molecule has 2 N–H and O–H groups in total. The molecule has 1 atom stereocenters.